The molecule has 7 nitrogen and oxygen atoms in total. The first kappa shape index (κ1) is 17.9. The van der Waals surface area contributed by atoms with Crippen molar-refractivity contribution in [2.75, 3.05) is 6.61 Å². The Balaban J connectivity index is 1.70. The molecule has 0 spiro atoms. The zero-order valence-corrected chi connectivity index (χ0v) is 15.3. The Morgan fingerprint density at radius 2 is 2.11 bits per heavy atom. The Labute approximate surface area is 156 Å². The van der Waals surface area contributed by atoms with E-state index in [2.05, 4.69) is 6.92 Å². The summed E-state index contributed by atoms with van der Waals surface area (Å²) in [4.78, 5) is 34.2. The number of hydrogen-bond donors (Lipinski definition) is 1. The Kier molecular flexibility index (Phi) is 4.20. The van der Waals surface area contributed by atoms with Crippen molar-refractivity contribution < 1.29 is 24.4 Å². The van der Waals surface area contributed by atoms with E-state index in [0.29, 0.717) is 24.0 Å². The molecular formula is C20H23NO6. The number of fused-ring (bicyclic) bond motifs is 5. The fraction of sp³-hybridized carbons (Fsp3) is 0.600. The summed E-state index contributed by atoms with van der Waals surface area (Å²) >= 11 is 0. The molecule has 4 atom stereocenters. The lowest BCUT2D eigenvalue weighted by Crippen LogP contribution is -2.42. The number of aryl methyl sites for hydroxylation is 1. The number of carboxylic acids is 1. The van der Waals surface area contributed by atoms with Crippen LogP contribution in [0, 0.1) is 27.4 Å². The minimum Gasteiger partial charge on any atom is -0.479 e. The predicted molar refractivity (Wildman–Crippen MR) is 95.9 cm³/mol. The molecule has 0 radical (unpaired) electrons. The smallest absolute Gasteiger partial charge is 0.341 e. The molecule has 2 fully saturated rings. The lowest BCUT2D eigenvalue weighted by Gasteiger charge is -2.48. The maximum atomic E-state index is 12.4. The van der Waals surface area contributed by atoms with Crippen molar-refractivity contribution in [1.82, 2.24) is 0 Å². The molecule has 1 aromatic carbocycles. The molecule has 2 saturated carbocycles. The van der Waals surface area contributed by atoms with Gasteiger partial charge in [-0.1, -0.05) is 6.92 Å². The second kappa shape index (κ2) is 6.32. The quantitative estimate of drug-likeness (QED) is 0.639. The number of hydrogen-bond acceptors (Lipinski definition) is 5. The van der Waals surface area contributed by atoms with E-state index < -0.39 is 17.5 Å². The number of ketones is 1. The number of ether oxygens (including phenoxy) is 1. The van der Waals surface area contributed by atoms with Crippen LogP contribution in [-0.4, -0.2) is 28.4 Å². The fourth-order valence-electron chi connectivity index (χ4n) is 5.76. The highest BCUT2D eigenvalue weighted by atomic mass is 16.6. The zero-order valence-electron chi connectivity index (χ0n) is 15.3. The van der Waals surface area contributed by atoms with Crippen LogP contribution < -0.4 is 4.74 Å². The van der Waals surface area contributed by atoms with Crippen LogP contribution in [0.25, 0.3) is 0 Å². The summed E-state index contributed by atoms with van der Waals surface area (Å²) in [6, 6.07) is 3.24. The maximum absolute atomic E-state index is 12.4. The van der Waals surface area contributed by atoms with E-state index in [4.69, 9.17) is 9.84 Å². The van der Waals surface area contributed by atoms with Crippen LogP contribution in [-0.2, 0) is 16.0 Å². The number of carboxylic acid groups (broad SMARTS) is 1. The van der Waals surface area contributed by atoms with Gasteiger partial charge in [0, 0.05) is 17.9 Å². The first-order chi connectivity index (χ1) is 12.8. The third kappa shape index (κ3) is 2.80. The average molecular weight is 373 g/mol. The molecule has 0 heterocycles. The Hall–Kier alpha value is -2.44. The van der Waals surface area contributed by atoms with Gasteiger partial charge in [0.15, 0.2) is 12.4 Å². The Morgan fingerprint density at radius 1 is 1.33 bits per heavy atom. The number of carbonyl (C=O) groups is 2. The zero-order chi connectivity index (χ0) is 19.3. The minimum absolute atomic E-state index is 0.0243. The van der Waals surface area contributed by atoms with Gasteiger partial charge in [0.25, 0.3) is 0 Å². The number of benzene rings is 1. The molecule has 0 amide bonds. The molecule has 0 aliphatic heterocycles. The van der Waals surface area contributed by atoms with Crippen LogP contribution in [0.5, 0.6) is 5.75 Å². The van der Waals surface area contributed by atoms with E-state index >= 15 is 0 Å². The number of aliphatic carboxylic acids is 1. The molecule has 0 saturated heterocycles. The second-order valence-electron chi connectivity index (χ2n) is 8.29. The maximum Gasteiger partial charge on any atom is 0.341 e. The molecule has 144 valence electrons. The summed E-state index contributed by atoms with van der Waals surface area (Å²) in [5, 5.41) is 20.3. The topological polar surface area (TPSA) is 107 Å². The molecular weight excluding hydrogens is 350 g/mol. The van der Waals surface area contributed by atoms with Crippen LogP contribution in [0.3, 0.4) is 0 Å². The van der Waals surface area contributed by atoms with Gasteiger partial charge in [-0.05, 0) is 67.1 Å². The number of Topliss-reactive ketones (excluding diaryl/α,β-unsaturated/α-hetero) is 1. The van der Waals surface area contributed by atoms with Gasteiger partial charge < -0.3 is 9.84 Å². The normalized spacial score (nSPS) is 31.6. The lowest BCUT2D eigenvalue weighted by molar-refractivity contribution is -0.385. The summed E-state index contributed by atoms with van der Waals surface area (Å²) in [5.41, 5.74) is 1.60. The summed E-state index contributed by atoms with van der Waals surface area (Å²) in [7, 11) is 0. The van der Waals surface area contributed by atoms with Gasteiger partial charge in [0.1, 0.15) is 5.78 Å². The van der Waals surface area contributed by atoms with Crippen LogP contribution in [0.4, 0.5) is 5.69 Å². The first-order valence-corrected chi connectivity index (χ1v) is 9.50. The van der Waals surface area contributed by atoms with Crippen molar-refractivity contribution >= 4 is 17.4 Å². The molecule has 3 aliphatic rings. The van der Waals surface area contributed by atoms with E-state index in [1.807, 2.05) is 0 Å². The van der Waals surface area contributed by atoms with E-state index in [1.165, 1.54) is 0 Å². The van der Waals surface area contributed by atoms with E-state index in [0.717, 1.165) is 43.2 Å². The summed E-state index contributed by atoms with van der Waals surface area (Å²) in [5.74, 6) is 0.202. The van der Waals surface area contributed by atoms with Gasteiger partial charge in [-0.15, -0.1) is 0 Å². The molecule has 7 heteroatoms. The highest BCUT2D eigenvalue weighted by molar-refractivity contribution is 5.87. The molecule has 1 aromatic rings. The van der Waals surface area contributed by atoms with Crippen molar-refractivity contribution in [2.45, 2.75) is 51.4 Å². The highest BCUT2D eigenvalue weighted by Gasteiger charge is 2.54. The number of nitro groups is 1. The summed E-state index contributed by atoms with van der Waals surface area (Å²) < 4.78 is 5.18. The van der Waals surface area contributed by atoms with Crippen LogP contribution in [0.15, 0.2) is 12.1 Å². The number of rotatable bonds is 4. The minimum atomic E-state index is -1.17. The molecule has 0 aromatic heterocycles. The Morgan fingerprint density at radius 3 is 2.81 bits per heavy atom. The molecule has 4 rings (SSSR count). The number of nitrogens with zero attached hydrogens (tertiary/aromatic N) is 1. The molecule has 27 heavy (non-hydrogen) atoms. The van der Waals surface area contributed by atoms with E-state index in [-0.39, 0.29) is 22.8 Å². The monoisotopic (exact) mass is 373 g/mol. The third-order valence-electron chi connectivity index (χ3n) is 7.06. The summed E-state index contributed by atoms with van der Waals surface area (Å²) in [6.07, 6.45) is 5.01. The number of carbonyl (C=O) groups excluding carboxylic acids is 1. The predicted octanol–water partition coefficient (Wildman–Crippen LogP) is 3.48. The van der Waals surface area contributed by atoms with E-state index in [1.54, 1.807) is 12.1 Å². The standard InChI is InChI=1S/C20H23NO6/c1-20-7-6-12-13(15(20)4-5-18(20)22)3-2-11-8-17(27-10-19(23)24)16(21(25)26)9-14(11)12/h8-9,12-13,15H,2-7,10H2,1H3,(H,23,24)/t12-,13+,15-,20-/m0/s1. The van der Waals surface area contributed by atoms with Gasteiger partial charge in [-0.2, -0.15) is 0 Å². The van der Waals surface area contributed by atoms with Crippen LogP contribution in [0.1, 0.15) is 56.1 Å². The largest absolute Gasteiger partial charge is 0.479 e. The first-order valence-electron chi connectivity index (χ1n) is 9.50. The average Bonchev–Trinajstić information content (AvgIpc) is 2.93. The van der Waals surface area contributed by atoms with E-state index in [9.17, 15) is 19.7 Å². The third-order valence-corrected chi connectivity index (χ3v) is 7.06. The van der Waals surface area contributed by atoms with Gasteiger partial charge in [-0.25, -0.2) is 4.79 Å². The van der Waals surface area contributed by atoms with Gasteiger partial charge in [0.05, 0.1) is 4.92 Å². The second-order valence-corrected chi connectivity index (χ2v) is 8.29. The lowest BCUT2D eigenvalue weighted by atomic mass is 9.55. The molecule has 1 N–H and O–H groups in total. The Bertz CT molecular complexity index is 834. The van der Waals surface area contributed by atoms with Gasteiger partial charge in [-0.3, -0.25) is 14.9 Å². The number of nitro benzene ring substituents is 1. The van der Waals surface area contributed by atoms with Crippen molar-refractivity contribution in [3.63, 3.8) is 0 Å². The van der Waals surface area contributed by atoms with Gasteiger partial charge in [0.2, 0.25) is 0 Å². The SMILES string of the molecule is C[C@]12CC[C@@H]3c4cc([N+](=O)[O-])c(OCC(=O)O)cc4CC[C@H]3[C@@H]1CCC2=O. The molecule has 0 bridgehead atoms. The van der Waals surface area contributed by atoms with Crippen molar-refractivity contribution in [2.24, 2.45) is 17.3 Å². The molecule has 3 aliphatic carbocycles. The van der Waals surface area contributed by atoms with Crippen LogP contribution >= 0.6 is 0 Å². The fourth-order valence-corrected chi connectivity index (χ4v) is 5.76. The highest BCUT2D eigenvalue weighted by Crippen LogP contribution is 2.60. The van der Waals surface area contributed by atoms with Crippen molar-refractivity contribution in [3.8, 4) is 5.75 Å². The van der Waals surface area contributed by atoms with Gasteiger partial charge >= 0.3 is 11.7 Å². The van der Waals surface area contributed by atoms with Crippen LogP contribution in [0.2, 0.25) is 0 Å². The van der Waals surface area contributed by atoms with Crippen molar-refractivity contribution in [3.05, 3.63) is 33.4 Å². The van der Waals surface area contributed by atoms with Crippen molar-refractivity contribution in [1.29, 1.82) is 0 Å². The molecule has 0 unspecified atom stereocenters. The summed E-state index contributed by atoms with van der Waals surface area (Å²) in [6.45, 7) is 1.50.